The minimum atomic E-state index is -0.461. The van der Waals surface area contributed by atoms with E-state index in [0.717, 1.165) is 12.8 Å². The second kappa shape index (κ2) is 9.84. The SMILES string of the molecule is CC1(C)CC(Nc2nc(Nc3cc(F)cc(OCCn4ccnn4)c3)ncc2C#N)CC(C)(C)N1. The maximum atomic E-state index is 14.2. The van der Waals surface area contributed by atoms with Gasteiger partial charge in [0.2, 0.25) is 5.95 Å². The Morgan fingerprint density at radius 2 is 2.00 bits per heavy atom. The summed E-state index contributed by atoms with van der Waals surface area (Å²) < 4.78 is 21.5. The molecule has 184 valence electrons. The number of benzene rings is 1. The van der Waals surface area contributed by atoms with Crippen LogP contribution in [0.2, 0.25) is 0 Å². The van der Waals surface area contributed by atoms with Crippen LogP contribution in [0.25, 0.3) is 0 Å². The van der Waals surface area contributed by atoms with Crippen molar-refractivity contribution in [2.24, 2.45) is 0 Å². The van der Waals surface area contributed by atoms with Crippen LogP contribution in [0.4, 0.5) is 21.8 Å². The minimum absolute atomic E-state index is 0.0633. The van der Waals surface area contributed by atoms with Gasteiger partial charge in [0.25, 0.3) is 0 Å². The van der Waals surface area contributed by atoms with Crippen molar-refractivity contribution in [3.05, 3.63) is 48.2 Å². The summed E-state index contributed by atoms with van der Waals surface area (Å²) in [6.45, 7) is 9.44. The Hall–Kier alpha value is -3.78. The van der Waals surface area contributed by atoms with Crippen LogP contribution in [0.5, 0.6) is 5.75 Å². The lowest BCUT2D eigenvalue weighted by molar-refractivity contribution is 0.170. The summed E-state index contributed by atoms with van der Waals surface area (Å²) in [6.07, 6.45) is 6.50. The van der Waals surface area contributed by atoms with E-state index in [9.17, 15) is 9.65 Å². The molecule has 0 aliphatic carbocycles. The monoisotopic (exact) mass is 479 g/mol. The number of nitriles is 1. The van der Waals surface area contributed by atoms with Crippen LogP contribution < -0.4 is 20.7 Å². The zero-order valence-electron chi connectivity index (χ0n) is 20.3. The zero-order valence-corrected chi connectivity index (χ0v) is 20.3. The first kappa shape index (κ1) is 24.3. The predicted octanol–water partition coefficient (Wildman–Crippen LogP) is 3.62. The molecule has 2 aromatic heterocycles. The molecule has 0 unspecified atom stereocenters. The van der Waals surface area contributed by atoms with Crippen molar-refractivity contribution in [1.82, 2.24) is 30.3 Å². The van der Waals surface area contributed by atoms with Crippen LogP contribution >= 0.6 is 0 Å². The van der Waals surface area contributed by atoms with E-state index in [-0.39, 0.29) is 23.1 Å². The molecule has 1 aromatic carbocycles. The molecule has 0 spiro atoms. The molecule has 0 amide bonds. The molecule has 1 aliphatic heterocycles. The Labute approximate surface area is 203 Å². The van der Waals surface area contributed by atoms with E-state index in [1.54, 1.807) is 23.1 Å². The van der Waals surface area contributed by atoms with Gasteiger partial charge in [0.1, 0.15) is 35.6 Å². The number of ether oxygens (including phenoxy) is 1. The summed E-state index contributed by atoms with van der Waals surface area (Å²) in [7, 11) is 0. The Bertz CT molecular complexity index is 1190. The first-order valence-corrected chi connectivity index (χ1v) is 11.5. The lowest BCUT2D eigenvalue weighted by Crippen LogP contribution is -2.60. The highest BCUT2D eigenvalue weighted by molar-refractivity contribution is 5.60. The number of piperidine rings is 1. The summed E-state index contributed by atoms with van der Waals surface area (Å²) in [6, 6.07) is 6.57. The van der Waals surface area contributed by atoms with Crippen LogP contribution in [0.15, 0.2) is 36.8 Å². The molecule has 0 radical (unpaired) electrons. The molecule has 1 saturated heterocycles. The molecule has 1 aliphatic rings. The second-order valence-electron chi connectivity index (χ2n) is 10.0. The highest BCUT2D eigenvalue weighted by atomic mass is 19.1. The van der Waals surface area contributed by atoms with Crippen molar-refractivity contribution in [2.75, 3.05) is 17.2 Å². The van der Waals surface area contributed by atoms with E-state index in [0.29, 0.717) is 36.0 Å². The first-order valence-electron chi connectivity index (χ1n) is 11.5. The maximum absolute atomic E-state index is 14.2. The number of hydrogen-bond acceptors (Lipinski definition) is 9. The number of nitrogens with one attached hydrogen (secondary N) is 3. The zero-order chi connectivity index (χ0) is 25.1. The number of nitrogens with zero attached hydrogens (tertiary/aromatic N) is 6. The first-order chi connectivity index (χ1) is 16.6. The van der Waals surface area contributed by atoms with Gasteiger partial charge in [-0.05, 0) is 46.6 Å². The maximum Gasteiger partial charge on any atom is 0.229 e. The summed E-state index contributed by atoms with van der Waals surface area (Å²) in [5.41, 5.74) is 0.653. The van der Waals surface area contributed by atoms with E-state index in [2.05, 4.69) is 70.0 Å². The van der Waals surface area contributed by atoms with E-state index in [1.807, 2.05) is 0 Å². The lowest BCUT2D eigenvalue weighted by Gasteiger charge is -2.46. The number of anilines is 3. The highest BCUT2D eigenvalue weighted by Gasteiger charge is 2.38. The van der Waals surface area contributed by atoms with Crippen LogP contribution in [0.1, 0.15) is 46.1 Å². The Kier molecular flexibility index (Phi) is 6.84. The molecule has 11 heteroatoms. The van der Waals surface area contributed by atoms with Crippen molar-refractivity contribution in [2.45, 2.75) is 64.2 Å². The van der Waals surface area contributed by atoms with Gasteiger partial charge < -0.3 is 20.7 Å². The average Bonchev–Trinajstić information content (AvgIpc) is 3.25. The molecular formula is C24H30FN9O. The van der Waals surface area contributed by atoms with Crippen molar-refractivity contribution < 1.29 is 9.13 Å². The Morgan fingerprint density at radius 3 is 2.69 bits per heavy atom. The van der Waals surface area contributed by atoms with Gasteiger partial charge in [-0.3, -0.25) is 0 Å². The third kappa shape index (κ3) is 6.64. The molecule has 1 fully saturated rings. The molecule has 4 rings (SSSR count). The van der Waals surface area contributed by atoms with Crippen molar-refractivity contribution in [3.8, 4) is 11.8 Å². The summed E-state index contributed by atoms with van der Waals surface area (Å²) in [5, 5.41) is 27.3. The second-order valence-corrected chi connectivity index (χ2v) is 10.0. The number of halogens is 1. The number of aromatic nitrogens is 5. The molecule has 3 N–H and O–H groups in total. The van der Waals surface area contributed by atoms with E-state index >= 15 is 0 Å². The van der Waals surface area contributed by atoms with Gasteiger partial charge in [-0.25, -0.2) is 14.1 Å². The summed E-state index contributed by atoms with van der Waals surface area (Å²) in [4.78, 5) is 8.76. The molecule has 0 bridgehead atoms. The van der Waals surface area contributed by atoms with Crippen molar-refractivity contribution in [3.63, 3.8) is 0 Å². The normalized spacial score (nSPS) is 16.9. The highest BCUT2D eigenvalue weighted by Crippen LogP contribution is 2.31. The molecule has 3 heterocycles. The fourth-order valence-corrected chi connectivity index (χ4v) is 4.71. The smallest absolute Gasteiger partial charge is 0.229 e. The topological polar surface area (TPSA) is 126 Å². The fraction of sp³-hybridized carbons (Fsp3) is 0.458. The van der Waals surface area contributed by atoms with Gasteiger partial charge in [0.15, 0.2) is 0 Å². The Balaban J connectivity index is 1.47. The van der Waals surface area contributed by atoms with Crippen LogP contribution in [0, 0.1) is 17.1 Å². The van der Waals surface area contributed by atoms with Crippen LogP contribution in [-0.2, 0) is 6.54 Å². The molecule has 0 saturated carbocycles. The van der Waals surface area contributed by atoms with Gasteiger partial charge in [-0.1, -0.05) is 5.21 Å². The number of rotatable bonds is 8. The van der Waals surface area contributed by atoms with Gasteiger partial charge in [-0.2, -0.15) is 10.2 Å². The van der Waals surface area contributed by atoms with Gasteiger partial charge in [-0.15, -0.1) is 5.10 Å². The molecule has 0 atom stereocenters. The molecule has 3 aromatic rings. The third-order valence-corrected chi connectivity index (χ3v) is 5.63. The van der Waals surface area contributed by atoms with Gasteiger partial charge in [0.05, 0.1) is 18.9 Å². The van der Waals surface area contributed by atoms with Crippen molar-refractivity contribution in [1.29, 1.82) is 5.26 Å². The number of hydrogen-bond donors (Lipinski definition) is 3. The summed E-state index contributed by atoms with van der Waals surface area (Å²) >= 11 is 0. The molecule has 10 nitrogen and oxygen atoms in total. The predicted molar refractivity (Wildman–Crippen MR) is 130 cm³/mol. The van der Waals surface area contributed by atoms with Gasteiger partial charge in [0, 0.05) is 41.1 Å². The third-order valence-electron chi connectivity index (χ3n) is 5.63. The lowest BCUT2D eigenvalue weighted by atomic mass is 9.79. The summed E-state index contributed by atoms with van der Waals surface area (Å²) in [5.74, 6) is 0.595. The molecular weight excluding hydrogens is 449 g/mol. The van der Waals surface area contributed by atoms with Crippen LogP contribution in [0.3, 0.4) is 0 Å². The fourth-order valence-electron chi connectivity index (χ4n) is 4.71. The van der Waals surface area contributed by atoms with Gasteiger partial charge >= 0.3 is 0 Å². The van der Waals surface area contributed by atoms with Crippen molar-refractivity contribution >= 4 is 17.5 Å². The quantitative estimate of drug-likeness (QED) is 0.444. The van der Waals surface area contributed by atoms with E-state index < -0.39 is 5.82 Å². The molecule has 35 heavy (non-hydrogen) atoms. The minimum Gasteiger partial charge on any atom is -0.491 e. The Morgan fingerprint density at radius 1 is 1.23 bits per heavy atom. The van der Waals surface area contributed by atoms with E-state index in [1.165, 1.54) is 18.3 Å². The largest absolute Gasteiger partial charge is 0.491 e. The average molecular weight is 480 g/mol. The standard InChI is InChI=1S/C24H30FN9O/c1-23(2)12-19(13-24(3,4)32-23)29-21-16(14-26)15-27-22(31-21)30-18-9-17(25)10-20(11-18)35-8-7-34-6-5-28-33-34/h5-6,9-11,15,19,32H,7-8,12-13H2,1-4H3,(H2,27,29,30,31). The van der Waals surface area contributed by atoms with Crippen LogP contribution in [-0.4, -0.2) is 48.7 Å². The van der Waals surface area contributed by atoms with E-state index in [4.69, 9.17) is 4.74 Å².